The summed E-state index contributed by atoms with van der Waals surface area (Å²) in [6.45, 7) is 6.78. The number of nitrogens with one attached hydrogen (secondary N) is 1. The molecule has 0 unspecified atom stereocenters. The van der Waals surface area contributed by atoms with E-state index in [1.807, 2.05) is 6.07 Å². The summed E-state index contributed by atoms with van der Waals surface area (Å²) in [4.78, 5) is 11.0. The highest BCUT2D eigenvalue weighted by atomic mass is 16.4. The van der Waals surface area contributed by atoms with Crippen LogP contribution in [0.2, 0.25) is 0 Å². The van der Waals surface area contributed by atoms with Gasteiger partial charge in [0.05, 0.1) is 5.56 Å². The molecule has 0 fully saturated rings. The van der Waals surface area contributed by atoms with Gasteiger partial charge in [-0.2, -0.15) is 0 Å². The molecule has 0 aliphatic carbocycles. The van der Waals surface area contributed by atoms with E-state index < -0.39 is 5.97 Å². The molecule has 2 N–H and O–H groups in total. The van der Waals surface area contributed by atoms with Crippen LogP contribution in [0.5, 0.6) is 0 Å². The molecule has 1 aromatic heterocycles. The molecule has 0 saturated heterocycles. The van der Waals surface area contributed by atoms with Gasteiger partial charge in [-0.15, -0.1) is 0 Å². The minimum atomic E-state index is -0.880. The summed E-state index contributed by atoms with van der Waals surface area (Å²) in [5.41, 5.74) is 2.62. The topological polar surface area (TPSA) is 54.3 Å². The molecule has 4 nitrogen and oxygen atoms in total. The SMILES string of the molecule is CCNCc1cc2cc(C(=O)O)ccc2n1CC. The summed E-state index contributed by atoms with van der Waals surface area (Å²) in [6.07, 6.45) is 0. The molecule has 2 rings (SSSR count). The van der Waals surface area contributed by atoms with E-state index in [1.165, 1.54) is 5.69 Å². The number of fused-ring (bicyclic) bond motifs is 1. The van der Waals surface area contributed by atoms with Gasteiger partial charge in [0.1, 0.15) is 0 Å². The van der Waals surface area contributed by atoms with Crippen LogP contribution in [0.15, 0.2) is 24.3 Å². The highest BCUT2D eigenvalue weighted by Crippen LogP contribution is 2.21. The summed E-state index contributed by atoms with van der Waals surface area (Å²) >= 11 is 0. The van der Waals surface area contributed by atoms with Crippen LogP contribution in [0.1, 0.15) is 29.9 Å². The number of hydrogen-bond donors (Lipinski definition) is 2. The first-order chi connectivity index (χ1) is 8.67. The predicted octanol–water partition coefficient (Wildman–Crippen LogP) is 2.47. The first kappa shape index (κ1) is 12.6. The number of aromatic nitrogens is 1. The van der Waals surface area contributed by atoms with Crippen molar-refractivity contribution in [3.8, 4) is 0 Å². The second kappa shape index (κ2) is 5.23. The number of carboxylic acids is 1. The van der Waals surface area contributed by atoms with E-state index in [2.05, 4.69) is 29.8 Å². The number of carbonyl (C=O) groups is 1. The summed E-state index contributed by atoms with van der Waals surface area (Å²) < 4.78 is 2.21. The Balaban J connectivity index is 2.49. The third-order valence-electron chi connectivity index (χ3n) is 3.11. The molecule has 0 amide bonds. The summed E-state index contributed by atoms with van der Waals surface area (Å²) in [6, 6.07) is 7.35. The van der Waals surface area contributed by atoms with Crippen LogP contribution in [0.3, 0.4) is 0 Å². The number of benzene rings is 1. The molecule has 0 atom stereocenters. The van der Waals surface area contributed by atoms with Crippen molar-refractivity contribution in [3.63, 3.8) is 0 Å². The lowest BCUT2D eigenvalue weighted by molar-refractivity contribution is 0.0697. The molecular weight excluding hydrogens is 228 g/mol. The third-order valence-corrected chi connectivity index (χ3v) is 3.11. The lowest BCUT2D eigenvalue weighted by Crippen LogP contribution is -2.14. The number of carboxylic acid groups (broad SMARTS) is 1. The van der Waals surface area contributed by atoms with Gasteiger partial charge in [-0.25, -0.2) is 4.79 Å². The van der Waals surface area contributed by atoms with Gasteiger partial charge in [0.2, 0.25) is 0 Å². The number of nitrogens with zero attached hydrogens (tertiary/aromatic N) is 1. The van der Waals surface area contributed by atoms with Gasteiger partial charge in [-0.3, -0.25) is 0 Å². The fraction of sp³-hybridized carbons (Fsp3) is 0.357. The van der Waals surface area contributed by atoms with Crippen molar-refractivity contribution >= 4 is 16.9 Å². The Morgan fingerprint density at radius 3 is 2.72 bits per heavy atom. The molecule has 0 radical (unpaired) electrons. The second-order valence-corrected chi connectivity index (χ2v) is 4.24. The molecule has 0 aliphatic heterocycles. The van der Waals surface area contributed by atoms with E-state index in [0.717, 1.165) is 30.5 Å². The molecule has 18 heavy (non-hydrogen) atoms. The van der Waals surface area contributed by atoms with Crippen LogP contribution < -0.4 is 5.32 Å². The van der Waals surface area contributed by atoms with E-state index in [9.17, 15) is 4.79 Å². The molecule has 0 bridgehead atoms. The third kappa shape index (κ3) is 2.24. The molecule has 0 aliphatic rings. The average molecular weight is 246 g/mol. The van der Waals surface area contributed by atoms with Crippen molar-refractivity contribution in [2.45, 2.75) is 26.9 Å². The van der Waals surface area contributed by atoms with Crippen LogP contribution in [-0.2, 0) is 13.1 Å². The summed E-state index contributed by atoms with van der Waals surface area (Å²) in [7, 11) is 0. The van der Waals surface area contributed by atoms with Gasteiger partial charge in [-0.05, 0) is 37.7 Å². The normalized spacial score (nSPS) is 11.0. The second-order valence-electron chi connectivity index (χ2n) is 4.24. The van der Waals surface area contributed by atoms with Crippen molar-refractivity contribution in [1.82, 2.24) is 9.88 Å². The monoisotopic (exact) mass is 246 g/mol. The Hall–Kier alpha value is -1.81. The molecule has 1 aromatic carbocycles. The van der Waals surface area contributed by atoms with Gasteiger partial charge < -0.3 is 15.0 Å². The molecule has 2 aromatic rings. The van der Waals surface area contributed by atoms with Crippen molar-refractivity contribution in [2.24, 2.45) is 0 Å². The first-order valence-electron chi connectivity index (χ1n) is 6.23. The molecule has 1 heterocycles. The predicted molar refractivity (Wildman–Crippen MR) is 72.0 cm³/mol. The van der Waals surface area contributed by atoms with E-state index >= 15 is 0 Å². The van der Waals surface area contributed by atoms with Crippen LogP contribution in [0.25, 0.3) is 10.9 Å². The number of hydrogen-bond acceptors (Lipinski definition) is 2. The Morgan fingerprint density at radius 1 is 1.33 bits per heavy atom. The highest BCUT2D eigenvalue weighted by Gasteiger charge is 2.10. The Labute approximate surface area is 106 Å². The van der Waals surface area contributed by atoms with Crippen molar-refractivity contribution in [3.05, 3.63) is 35.5 Å². The minimum Gasteiger partial charge on any atom is -0.478 e. The molecule has 0 saturated carbocycles. The maximum atomic E-state index is 11.0. The maximum absolute atomic E-state index is 11.0. The summed E-state index contributed by atoms with van der Waals surface area (Å²) in [5, 5.41) is 13.3. The Morgan fingerprint density at radius 2 is 2.11 bits per heavy atom. The lowest BCUT2D eigenvalue weighted by Gasteiger charge is -2.08. The van der Waals surface area contributed by atoms with Gasteiger partial charge in [0, 0.05) is 29.7 Å². The van der Waals surface area contributed by atoms with Crippen LogP contribution in [0, 0.1) is 0 Å². The van der Waals surface area contributed by atoms with Crippen molar-refractivity contribution in [2.75, 3.05) is 6.54 Å². The van der Waals surface area contributed by atoms with E-state index in [1.54, 1.807) is 12.1 Å². The first-order valence-corrected chi connectivity index (χ1v) is 6.23. The average Bonchev–Trinajstić information content (AvgIpc) is 2.72. The molecular formula is C14H18N2O2. The number of aryl methyl sites for hydroxylation is 1. The fourth-order valence-electron chi connectivity index (χ4n) is 2.23. The molecule has 96 valence electrons. The Bertz CT molecular complexity index is 572. The zero-order valence-corrected chi connectivity index (χ0v) is 10.7. The summed E-state index contributed by atoms with van der Waals surface area (Å²) in [5.74, 6) is -0.880. The molecule has 4 heteroatoms. The Kier molecular flexibility index (Phi) is 3.67. The van der Waals surface area contributed by atoms with Gasteiger partial charge in [0.25, 0.3) is 0 Å². The standard InChI is InChI=1S/C14H18N2O2/c1-3-15-9-12-8-11-7-10(14(17)18)5-6-13(11)16(12)4-2/h5-8,15H,3-4,9H2,1-2H3,(H,17,18). The van der Waals surface area contributed by atoms with Gasteiger partial charge in [0.15, 0.2) is 0 Å². The van der Waals surface area contributed by atoms with E-state index in [4.69, 9.17) is 5.11 Å². The number of aromatic carboxylic acids is 1. The van der Waals surface area contributed by atoms with E-state index in [-0.39, 0.29) is 0 Å². The zero-order valence-electron chi connectivity index (χ0n) is 10.7. The smallest absolute Gasteiger partial charge is 0.335 e. The fourth-order valence-corrected chi connectivity index (χ4v) is 2.23. The van der Waals surface area contributed by atoms with Gasteiger partial charge >= 0.3 is 5.97 Å². The van der Waals surface area contributed by atoms with Crippen LogP contribution >= 0.6 is 0 Å². The van der Waals surface area contributed by atoms with E-state index in [0.29, 0.717) is 5.56 Å². The van der Waals surface area contributed by atoms with Crippen LogP contribution in [0.4, 0.5) is 0 Å². The molecule has 0 spiro atoms. The lowest BCUT2D eigenvalue weighted by atomic mass is 10.1. The minimum absolute atomic E-state index is 0.339. The zero-order chi connectivity index (χ0) is 13.1. The number of rotatable bonds is 5. The van der Waals surface area contributed by atoms with Gasteiger partial charge in [-0.1, -0.05) is 6.92 Å². The van der Waals surface area contributed by atoms with Crippen LogP contribution in [-0.4, -0.2) is 22.2 Å². The largest absolute Gasteiger partial charge is 0.478 e. The van der Waals surface area contributed by atoms with Crippen molar-refractivity contribution < 1.29 is 9.90 Å². The highest BCUT2D eigenvalue weighted by molar-refractivity contribution is 5.94. The quantitative estimate of drug-likeness (QED) is 0.852. The maximum Gasteiger partial charge on any atom is 0.335 e. The van der Waals surface area contributed by atoms with Crippen molar-refractivity contribution in [1.29, 1.82) is 0 Å².